The van der Waals surface area contributed by atoms with E-state index in [9.17, 15) is 0 Å². The Hall–Kier alpha value is -1.50. The first-order valence-corrected chi connectivity index (χ1v) is 6.59. The third-order valence-electron chi connectivity index (χ3n) is 2.55. The molecule has 2 rings (SSSR count). The molecule has 17 heavy (non-hydrogen) atoms. The van der Waals surface area contributed by atoms with Crippen molar-refractivity contribution in [1.29, 1.82) is 0 Å². The standard InChI is InChI=1S/C10H15N5OS/c11-10(14-16)8-6-13-9(7-12-8)15-2-1-4-17-5-3-15/h6-7,16H,1-5H2,(H2,11,14). The molecule has 6 nitrogen and oxygen atoms in total. The fourth-order valence-electron chi connectivity index (χ4n) is 1.64. The zero-order valence-corrected chi connectivity index (χ0v) is 10.2. The number of amidine groups is 1. The van der Waals surface area contributed by atoms with E-state index in [1.807, 2.05) is 11.8 Å². The van der Waals surface area contributed by atoms with E-state index in [1.165, 1.54) is 11.9 Å². The first kappa shape index (κ1) is 12.0. The molecule has 0 saturated carbocycles. The largest absolute Gasteiger partial charge is 0.409 e. The molecule has 0 aromatic carbocycles. The fraction of sp³-hybridized carbons (Fsp3) is 0.500. The third kappa shape index (κ3) is 3.00. The average molecular weight is 253 g/mol. The molecule has 1 aliphatic heterocycles. The highest BCUT2D eigenvalue weighted by Gasteiger charge is 2.12. The summed E-state index contributed by atoms with van der Waals surface area (Å²) in [6, 6.07) is 0. The number of anilines is 1. The van der Waals surface area contributed by atoms with E-state index in [1.54, 1.807) is 6.20 Å². The lowest BCUT2D eigenvalue weighted by Gasteiger charge is -2.20. The molecule has 0 aliphatic carbocycles. The van der Waals surface area contributed by atoms with E-state index in [4.69, 9.17) is 10.9 Å². The summed E-state index contributed by atoms with van der Waals surface area (Å²) < 4.78 is 0. The van der Waals surface area contributed by atoms with Gasteiger partial charge in [-0.25, -0.2) is 9.97 Å². The molecule has 1 fully saturated rings. The summed E-state index contributed by atoms with van der Waals surface area (Å²) in [5, 5.41) is 11.4. The lowest BCUT2D eigenvalue weighted by Crippen LogP contribution is -2.27. The van der Waals surface area contributed by atoms with Crippen LogP contribution in [0, 0.1) is 0 Å². The van der Waals surface area contributed by atoms with Crippen LogP contribution in [0.1, 0.15) is 12.1 Å². The van der Waals surface area contributed by atoms with Crippen molar-refractivity contribution in [2.75, 3.05) is 29.5 Å². The van der Waals surface area contributed by atoms with Gasteiger partial charge in [-0.15, -0.1) is 0 Å². The van der Waals surface area contributed by atoms with Crippen molar-refractivity contribution in [2.45, 2.75) is 6.42 Å². The number of hydrogen-bond donors (Lipinski definition) is 2. The van der Waals surface area contributed by atoms with Crippen molar-refractivity contribution in [2.24, 2.45) is 10.9 Å². The van der Waals surface area contributed by atoms with Gasteiger partial charge in [0.05, 0.1) is 12.4 Å². The van der Waals surface area contributed by atoms with Gasteiger partial charge in [0.2, 0.25) is 0 Å². The second-order valence-electron chi connectivity index (χ2n) is 3.70. The molecule has 0 spiro atoms. The molecule has 0 unspecified atom stereocenters. The maximum Gasteiger partial charge on any atom is 0.190 e. The van der Waals surface area contributed by atoms with Crippen LogP contribution in [0.2, 0.25) is 0 Å². The smallest absolute Gasteiger partial charge is 0.190 e. The summed E-state index contributed by atoms with van der Waals surface area (Å²) in [6.45, 7) is 1.99. The van der Waals surface area contributed by atoms with Crippen LogP contribution in [0.15, 0.2) is 17.5 Å². The van der Waals surface area contributed by atoms with Crippen molar-refractivity contribution in [3.8, 4) is 0 Å². The molecular formula is C10H15N5OS. The van der Waals surface area contributed by atoms with Crippen LogP contribution in [-0.4, -0.2) is 45.6 Å². The van der Waals surface area contributed by atoms with Gasteiger partial charge >= 0.3 is 0 Å². The van der Waals surface area contributed by atoms with Crippen LogP contribution in [-0.2, 0) is 0 Å². The maximum absolute atomic E-state index is 8.53. The van der Waals surface area contributed by atoms with Gasteiger partial charge in [0.1, 0.15) is 11.5 Å². The van der Waals surface area contributed by atoms with Crippen LogP contribution in [0.3, 0.4) is 0 Å². The number of thioether (sulfide) groups is 1. The maximum atomic E-state index is 8.53. The monoisotopic (exact) mass is 253 g/mol. The number of nitrogens with two attached hydrogens (primary N) is 1. The summed E-state index contributed by atoms with van der Waals surface area (Å²) >= 11 is 1.96. The van der Waals surface area contributed by atoms with Crippen molar-refractivity contribution < 1.29 is 5.21 Å². The SMILES string of the molecule is NC(=NO)c1cnc(N2CCCSCC2)cn1. The van der Waals surface area contributed by atoms with Gasteiger partial charge in [-0.1, -0.05) is 5.16 Å². The van der Waals surface area contributed by atoms with Crippen molar-refractivity contribution in [1.82, 2.24) is 9.97 Å². The zero-order valence-electron chi connectivity index (χ0n) is 9.41. The first-order chi connectivity index (χ1) is 8.31. The Balaban J connectivity index is 2.11. The van der Waals surface area contributed by atoms with Gasteiger partial charge in [-0.3, -0.25) is 0 Å². The van der Waals surface area contributed by atoms with E-state index in [0.29, 0.717) is 5.69 Å². The molecule has 92 valence electrons. The summed E-state index contributed by atoms with van der Waals surface area (Å²) in [5.74, 6) is 3.15. The van der Waals surface area contributed by atoms with Gasteiger partial charge < -0.3 is 15.8 Å². The molecular weight excluding hydrogens is 238 g/mol. The quantitative estimate of drug-likeness (QED) is 0.346. The highest BCUT2D eigenvalue weighted by molar-refractivity contribution is 7.99. The minimum atomic E-state index is -0.0181. The van der Waals surface area contributed by atoms with E-state index >= 15 is 0 Å². The summed E-state index contributed by atoms with van der Waals surface area (Å²) in [4.78, 5) is 10.6. The Morgan fingerprint density at radius 1 is 1.35 bits per heavy atom. The lowest BCUT2D eigenvalue weighted by atomic mass is 10.4. The molecule has 1 saturated heterocycles. The Morgan fingerprint density at radius 2 is 2.24 bits per heavy atom. The van der Waals surface area contributed by atoms with E-state index < -0.39 is 0 Å². The van der Waals surface area contributed by atoms with Crippen LogP contribution in [0.5, 0.6) is 0 Å². The van der Waals surface area contributed by atoms with Gasteiger partial charge in [-0.05, 0) is 12.2 Å². The second kappa shape index (κ2) is 5.72. The molecule has 1 aromatic heterocycles. The molecule has 0 amide bonds. The van der Waals surface area contributed by atoms with E-state index in [2.05, 4.69) is 20.0 Å². The Labute approximate surface area is 104 Å². The Kier molecular flexibility index (Phi) is 4.03. The van der Waals surface area contributed by atoms with E-state index in [-0.39, 0.29) is 5.84 Å². The minimum absolute atomic E-state index is 0.0181. The third-order valence-corrected chi connectivity index (χ3v) is 3.60. The fourth-order valence-corrected chi connectivity index (χ4v) is 2.53. The molecule has 0 bridgehead atoms. The second-order valence-corrected chi connectivity index (χ2v) is 4.92. The van der Waals surface area contributed by atoms with Crippen LogP contribution in [0.4, 0.5) is 5.82 Å². The molecule has 1 aromatic rings. The first-order valence-electron chi connectivity index (χ1n) is 5.44. The summed E-state index contributed by atoms with van der Waals surface area (Å²) in [6.07, 6.45) is 4.36. The normalized spacial score (nSPS) is 17.9. The van der Waals surface area contributed by atoms with Gasteiger partial charge in [0.15, 0.2) is 5.84 Å². The Morgan fingerprint density at radius 3 is 2.94 bits per heavy atom. The number of oxime groups is 1. The molecule has 0 atom stereocenters. The predicted molar refractivity (Wildman–Crippen MR) is 68.7 cm³/mol. The average Bonchev–Trinajstić information content (AvgIpc) is 2.67. The number of aromatic nitrogens is 2. The van der Waals surface area contributed by atoms with Crippen molar-refractivity contribution in [3.63, 3.8) is 0 Å². The topological polar surface area (TPSA) is 87.6 Å². The number of hydrogen-bond acceptors (Lipinski definition) is 6. The molecule has 3 N–H and O–H groups in total. The van der Waals surface area contributed by atoms with Crippen LogP contribution >= 0.6 is 11.8 Å². The number of nitrogens with zero attached hydrogens (tertiary/aromatic N) is 4. The molecule has 7 heteroatoms. The van der Waals surface area contributed by atoms with Gasteiger partial charge in [0.25, 0.3) is 0 Å². The van der Waals surface area contributed by atoms with E-state index in [0.717, 1.165) is 31.1 Å². The van der Waals surface area contributed by atoms with Crippen LogP contribution in [0.25, 0.3) is 0 Å². The zero-order chi connectivity index (χ0) is 12.1. The minimum Gasteiger partial charge on any atom is -0.409 e. The highest BCUT2D eigenvalue weighted by atomic mass is 32.2. The van der Waals surface area contributed by atoms with Crippen molar-refractivity contribution >= 4 is 23.4 Å². The Bertz CT molecular complexity index is 386. The summed E-state index contributed by atoms with van der Waals surface area (Å²) in [7, 11) is 0. The van der Waals surface area contributed by atoms with Gasteiger partial charge in [-0.2, -0.15) is 11.8 Å². The van der Waals surface area contributed by atoms with Crippen LogP contribution < -0.4 is 10.6 Å². The molecule has 2 heterocycles. The van der Waals surface area contributed by atoms with Crippen molar-refractivity contribution in [3.05, 3.63) is 18.1 Å². The molecule has 0 radical (unpaired) electrons. The predicted octanol–water partition coefficient (Wildman–Crippen LogP) is 0.514. The lowest BCUT2D eigenvalue weighted by molar-refractivity contribution is 0.318. The summed E-state index contributed by atoms with van der Waals surface area (Å²) in [5.41, 5.74) is 5.82. The highest BCUT2D eigenvalue weighted by Crippen LogP contribution is 2.15. The molecule has 1 aliphatic rings. The number of rotatable bonds is 2. The van der Waals surface area contributed by atoms with Gasteiger partial charge in [0, 0.05) is 18.8 Å².